The Bertz CT molecular complexity index is 1340. The summed E-state index contributed by atoms with van der Waals surface area (Å²) in [6, 6.07) is 20.4. The first-order valence-corrected chi connectivity index (χ1v) is 12.6. The van der Waals surface area contributed by atoms with Gasteiger partial charge in [-0.1, -0.05) is 42.5 Å². The summed E-state index contributed by atoms with van der Waals surface area (Å²) in [5.41, 5.74) is 4.38. The minimum absolute atomic E-state index is 0.0610. The Morgan fingerprint density at radius 1 is 1.08 bits per heavy atom. The number of rotatable bonds is 7. The van der Waals surface area contributed by atoms with Gasteiger partial charge < -0.3 is 10.1 Å². The summed E-state index contributed by atoms with van der Waals surface area (Å²) in [6.07, 6.45) is 3.60. The number of ether oxygens (including phenoxy) is 1. The van der Waals surface area contributed by atoms with Crippen molar-refractivity contribution in [1.82, 2.24) is 25.0 Å². The summed E-state index contributed by atoms with van der Waals surface area (Å²) >= 11 is 0. The first kappa shape index (κ1) is 24.0. The Morgan fingerprint density at radius 3 is 2.58 bits per heavy atom. The predicted molar refractivity (Wildman–Crippen MR) is 142 cm³/mol. The number of aromatic nitrogens is 3. The van der Waals surface area contributed by atoms with Crippen molar-refractivity contribution in [3.8, 4) is 17.0 Å². The lowest BCUT2D eigenvalue weighted by atomic mass is 10.0. The molecule has 0 saturated carbocycles. The highest BCUT2D eigenvalue weighted by molar-refractivity contribution is 6.06. The van der Waals surface area contributed by atoms with Crippen LogP contribution in [0.2, 0.25) is 0 Å². The van der Waals surface area contributed by atoms with Crippen molar-refractivity contribution in [2.45, 2.75) is 45.3 Å². The monoisotopic (exact) mass is 483 g/mol. The number of benzene rings is 2. The van der Waals surface area contributed by atoms with E-state index in [1.54, 1.807) is 13.3 Å². The highest BCUT2D eigenvalue weighted by atomic mass is 16.5. The molecule has 1 aliphatic heterocycles. The Balaban J connectivity index is 1.31. The van der Waals surface area contributed by atoms with Crippen LogP contribution >= 0.6 is 0 Å². The summed E-state index contributed by atoms with van der Waals surface area (Å²) in [5, 5.41) is 8.63. The third-order valence-corrected chi connectivity index (χ3v) is 6.83. The van der Waals surface area contributed by atoms with Crippen LogP contribution in [0.25, 0.3) is 22.3 Å². The lowest BCUT2D eigenvalue weighted by Crippen LogP contribution is -2.44. The van der Waals surface area contributed by atoms with Crippen molar-refractivity contribution in [1.29, 1.82) is 0 Å². The molecule has 0 radical (unpaired) electrons. The molecule has 0 bridgehead atoms. The molecule has 36 heavy (non-hydrogen) atoms. The zero-order valence-electron chi connectivity index (χ0n) is 21.1. The highest BCUT2D eigenvalue weighted by Crippen LogP contribution is 2.27. The van der Waals surface area contributed by atoms with Gasteiger partial charge in [-0.05, 0) is 50.5 Å². The third-order valence-electron chi connectivity index (χ3n) is 6.83. The molecule has 2 aromatic heterocycles. The van der Waals surface area contributed by atoms with Gasteiger partial charge in [-0.2, -0.15) is 5.10 Å². The van der Waals surface area contributed by atoms with Crippen molar-refractivity contribution in [2.24, 2.45) is 0 Å². The molecule has 5 rings (SSSR count). The quantitative estimate of drug-likeness (QED) is 0.397. The molecule has 7 nitrogen and oxygen atoms in total. The topological polar surface area (TPSA) is 72.3 Å². The van der Waals surface area contributed by atoms with Crippen molar-refractivity contribution in [3.63, 3.8) is 0 Å². The molecule has 1 saturated heterocycles. The van der Waals surface area contributed by atoms with Gasteiger partial charge in [0.25, 0.3) is 5.91 Å². The lowest BCUT2D eigenvalue weighted by Gasteiger charge is -2.32. The number of likely N-dealkylation sites (tertiary alicyclic amines) is 1. The molecular weight excluding hydrogens is 450 g/mol. The van der Waals surface area contributed by atoms with E-state index in [9.17, 15) is 4.79 Å². The van der Waals surface area contributed by atoms with Gasteiger partial charge in [-0.25, -0.2) is 9.67 Å². The first-order chi connectivity index (χ1) is 17.5. The van der Waals surface area contributed by atoms with E-state index < -0.39 is 0 Å². The number of pyridine rings is 1. The van der Waals surface area contributed by atoms with Gasteiger partial charge in [0, 0.05) is 37.3 Å². The third kappa shape index (κ3) is 5.11. The molecule has 0 atom stereocenters. The summed E-state index contributed by atoms with van der Waals surface area (Å²) in [6.45, 7) is 6.91. The van der Waals surface area contributed by atoms with Crippen LogP contribution in [-0.2, 0) is 6.54 Å². The Hall–Kier alpha value is -3.71. The van der Waals surface area contributed by atoms with E-state index in [-0.39, 0.29) is 18.0 Å². The normalized spacial score (nSPS) is 14.9. The zero-order chi connectivity index (χ0) is 25.1. The standard InChI is InChI=1S/C29H33N5O2/c1-20(2)34-28-26(18-30-34)25(17-27(32-28)22-9-5-4-6-10-22)29(35)31-23-12-14-33(15-13-23)19-21-8-7-11-24(16-21)36-3/h4-11,16-18,20,23H,12-15,19H2,1-3H3,(H,31,35). The van der Waals surface area contributed by atoms with Crippen LogP contribution in [-0.4, -0.2) is 51.8 Å². The maximum atomic E-state index is 13.5. The summed E-state index contributed by atoms with van der Waals surface area (Å²) in [4.78, 5) is 20.8. The summed E-state index contributed by atoms with van der Waals surface area (Å²) in [7, 11) is 1.69. The van der Waals surface area contributed by atoms with E-state index >= 15 is 0 Å². The largest absolute Gasteiger partial charge is 0.497 e. The van der Waals surface area contributed by atoms with E-state index in [0.29, 0.717) is 5.56 Å². The van der Waals surface area contributed by atoms with Gasteiger partial charge >= 0.3 is 0 Å². The van der Waals surface area contributed by atoms with Crippen molar-refractivity contribution >= 4 is 16.9 Å². The second kappa shape index (κ2) is 10.5. The molecule has 0 aliphatic carbocycles. The van der Waals surface area contributed by atoms with E-state index in [1.807, 2.05) is 53.2 Å². The minimum atomic E-state index is -0.0610. The fourth-order valence-electron chi connectivity index (χ4n) is 4.87. The number of hydrogen-bond donors (Lipinski definition) is 1. The first-order valence-electron chi connectivity index (χ1n) is 12.6. The van der Waals surface area contributed by atoms with E-state index in [4.69, 9.17) is 9.72 Å². The highest BCUT2D eigenvalue weighted by Gasteiger charge is 2.24. The average Bonchev–Trinajstić information content (AvgIpc) is 3.34. The smallest absolute Gasteiger partial charge is 0.252 e. The van der Waals surface area contributed by atoms with Gasteiger partial charge in [0.15, 0.2) is 5.65 Å². The number of piperidine rings is 1. The zero-order valence-corrected chi connectivity index (χ0v) is 21.1. The SMILES string of the molecule is COc1cccc(CN2CCC(NC(=O)c3cc(-c4ccccc4)nc4c3cnn4C(C)C)CC2)c1. The van der Waals surface area contributed by atoms with E-state index in [1.165, 1.54) is 5.56 Å². The molecule has 1 fully saturated rings. The van der Waals surface area contributed by atoms with Gasteiger partial charge in [0.2, 0.25) is 0 Å². The molecule has 3 heterocycles. The van der Waals surface area contributed by atoms with E-state index in [0.717, 1.165) is 60.5 Å². The van der Waals surface area contributed by atoms with Crippen LogP contribution in [0.4, 0.5) is 0 Å². The van der Waals surface area contributed by atoms with Crippen LogP contribution < -0.4 is 10.1 Å². The van der Waals surface area contributed by atoms with Crippen molar-refractivity contribution in [2.75, 3.05) is 20.2 Å². The molecule has 0 spiro atoms. The number of methoxy groups -OCH3 is 1. The van der Waals surface area contributed by atoms with Gasteiger partial charge in [-0.15, -0.1) is 0 Å². The fourth-order valence-corrected chi connectivity index (χ4v) is 4.87. The molecular formula is C29H33N5O2. The fraction of sp³-hybridized carbons (Fsp3) is 0.345. The van der Waals surface area contributed by atoms with Gasteiger partial charge in [0.1, 0.15) is 5.75 Å². The van der Waals surface area contributed by atoms with Gasteiger partial charge in [0.05, 0.1) is 30.0 Å². The number of nitrogens with one attached hydrogen (secondary N) is 1. The second-order valence-electron chi connectivity index (χ2n) is 9.72. The van der Waals surface area contributed by atoms with Crippen molar-refractivity contribution in [3.05, 3.63) is 78.0 Å². The molecule has 1 N–H and O–H groups in total. The summed E-state index contributed by atoms with van der Waals surface area (Å²) < 4.78 is 7.24. The number of nitrogens with zero attached hydrogens (tertiary/aromatic N) is 4. The molecule has 0 unspecified atom stereocenters. The van der Waals surface area contributed by atoms with Crippen LogP contribution in [0.1, 0.15) is 48.7 Å². The number of amides is 1. The van der Waals surface area contributed by atoms with Crippen LogP contribution in [0, 0.1) is 0 Å². The minimum Gasteiger partial charge on any atom is -0.497 e. The Morgan fingerprint density at radius 2 is 1.86 bits per heavy atom. The number of fused-ring (bicyclic) bond motifs is 1. The van der Waals surface area contributed by atoms with Gasteiger partial charge in [-0.3, -0.25) is 9.69 Å². The van der Waals surface area contributed by atoms with Crippen LogP contribution in [0.3, 0.4) is 0 Å². The molecule has 4 aromatic rings. The summed E-state index contributed by atoms with van der Waals surface area (Å²) in [5.74, 6) is 0.822. The maximum Gasteiger partial charge on any atom is 0.252 e. The molecule has 1 aliphatic rings. The number of carbonyl (C=O) groups is 1. The van der Waals surface area contributed by atoms with Crippen LogP contribution in [0.15, 0.2) is 66.9 Å². The number of carbonyl (C=O) groups excluding carboxylic acids is 1. The predicted octanol–water partition coefficient (Wildman–Crippen LogP) is 5.08. The molecule has 186 valence electrons. The van der Waals surface area contributed by atoms with E-state index in [2.05, 4.69) is 41.3 Å². The van der Waals surface area contributed by atoms with Crippen molar-refractivity contribution < 1.29 is 9.53 Å². The van der Waals surface area contributed by atoms with Crippen LogP contribution in [0.5, 0.6) is 5.75 Å². The second-order valence-corrected chi connectivity index (χ2v) is 9.72. The maximum absolute atomic E-state index is 13.5. The lowest BCUT2D eigenvalue weighted by molar-refractivity contribution is 0.0910. The Kier molecular flexibility index (Phi) is 7.00. The Labute approximate surface area is 212 Å². The molecule has 1 amide bonds. The average molecular weight is 484 g/mol. The molecule has 2 aromatic carbocycles. The number of hydrogen-bond acceptors (Lipinski definition) is 5. The molecule has 7 heteroatoms.